The molecule has 0 radical (unpaired) electrons. The summed E-state index contributed by atoms with van der Waals surface area (Å²) >= 11 is 0. The van der Waals surface area contributed by atoms with E-state index >= 15 is 0 Å². The largest absolute Gasteiger partial charge is 0.465 e. The van der Waals surface area contributed by atoms with Crippen LogP contribution < -0.4 is 10.6 Å². The highest BCUT2D eigenvalue weighted by molar-refractivity contribution is 6.05. The molecule has 2 amide bonds. The molecule has 2 aromatic carbocycles. The van der Waals surface area contributed by atoms with Gasteiger partial charge in [0.25, 0.3) is 0 Å². The summed E-state index contributed by atoms with van der Waals surface area (Å²) in [6, 6.07) is 14.5. The van der Waals surface area contributed by atoms with Gasteiger partial charge in [-0.25, -0.2) is 9.59 Å². The Morgan fingerprint density at radius 3 is 2.64 bits per heavy atom. The van der Waals surface area contributed by atoms with Gasteiger partial charge in [0.1, 0.15) is 0 Å². The van der Waals surface area contributed by atoms with Crippen LogP contribution >= 0.6 is 0 Å². The molecule has 0 aliphatic rings. The molecule has 2 aromatic rings. The van der Waals surface area contributed by atoms with Gasteiger partial charge in [-0.05, 0) is 30.3 Å². The molecule has 0 fully saturated rings. The van der Waals surface area contributed by atoms with Gasteiger partial charge in [-0.3, -0.25) is 0 Å². The first-order valence-corrected chi connectivity index (χ1v) is 6.39. The second kappa shape index (κ2) is 6.90. The first-order valence-electron chi connectivity index (χ1n) is 6.39. The lowest BCUT2D eigenvalue weighted by molar-refractivity contribution is 0.0602. The maximum Gasteiger partial charge on any atom is 0.339 e. The molecule has 6 heteroatoms. The molecule has 0 saturated carbocycles. The Bertz CT molecular complexity index is 760. The van der Waals surface area contributed by atoms with Crippen LogP contribution in [0.3, 0.4) is 0 Å². The van der Waals surface area contributed by atoms with Gasteiger partial charge in [0.15, 0.2) is 0 Å². The average Bonchev–Trinajstić information content (AvgIpc) is 2.54. The predicted octanol–water partition coefficient (Wildman–Crippen LogP) is 3.48. The van der Waals surface area contributed by atoms with E-state index in [0.717, 1.165) is 0 Å². The van der Waals surface area contributed by atoms with Crippen LogP contribution in [0.15, 0.2) is 48.5 Å². The number of hydrogen-bond donors (Lipinski definition) is 2. The molecular weight excluding hydrogens is 282 g/mol. The van der Waals surface area contributed by atoms with Gasteiger partial charge < -0.3 is 15.4 Å². The number of ether oxygens (including phenoxy) is 1. The minimum atomic E-state index is -0.539. The van der Waals surface area contributed by atoms with Crippen molar-refractivity contribution in [1.29, 1.82) is 5.26 Å². The molecule has 0 saturated heterocycles. The third-order valence-electron chi connectivity index (χ3n) is 2.83. The van der Waals surface area contributed by atoms with Gasteiger partial charge in [0, 0.05) is 8.54 Å². The van der Waals surface area contributed by atoms with E-state index in [9.17, 15) is 9.59 Å². The SMILES string of the molecule is COC(=O)c1ccccc1NC(=O)Nc1cccc(C#N)c1.[HH].[HH]. The number of carbonyl (C=O) groups is 2. The number of hydrogen-bond acceptors (Lipinski definition) is 4. The first kappa shape index (κ1) is 15.1. The fourth-order valence-corrected chi connectivity index (χ4v) is 1.83. The minimum absolute atomic E-state index is 0. The van der Waals surface area contributed by atoms with E-state index in [2.05, 4.69) is 15.4 Å². The molecule has 0 aromatic heterocycles. The van der Waals surface area contributed by atoms with Crippen molar-refractivity contribution < 1.29 is 17.2 Å². The Labute approximate surface area is 130 Å². The third-order valence-corrected chi connectivity index (χ3v) is 2.83. The molecule has 0 aliphatic heterocycles. The summed E-state index contributed by atoms with van der Waals surface area (Å²) in [5, 5.41) is 14.0. The molecule has 0 unspecified atom stereocenters. The van der Waals surface area contributed by atoms with Crippen molar-refractivity contribution in [2.45, 2.75) is 0 Å². The number of carbonyl (C=O) groups excluding carboxylic acids is 2. The monoisotopic (exact) mass is 299 g/mol. The van der Waals surface area contributed by atoms with Crippen molar-refractivity contribution in [2.75, 3.05) is 17.7 Å². The summed E-state index contributed by atoms with van der Waals surface area (Å²) in [4.78, 5) is 23.6. The highest BCUT2D eigenvalue weighted by Crippen LogP contribution is 2.17. The summed E-state index contributed by atoms with van der Waals surface area (Å²) in [6.07, 6.45) is 0. The van der Waals surface area contributed by atoms with Crippen LogP contribution in [0.4, 0.5) is 16.2 Å². The van der Waals surface area contributed by atoms with Crippen molar-refractivity contribution in [2.24, 2.45) is 0 Å². The number of nitriles is 1. The topological polar surface area (TPSA) is 91.2 Å². The van der Waals surface area contributed by atoms with Crippen LogP contribution in [0.5, 0.6) is 0 Å². The van der Waals surface area contributed by atoms with Crippen molar-refractivity contribution in [3.05, 3.63) is 59.7 Å². The van der Waals surface area contributed by atoms with Gasteiger partial charge in [0.05, 0.1) is 30.0 Å². The Morgan fingerprint density at radius 1 is 1.14 bits per heavy atom. The Balaban J connectivity index is 0.00000264. The standard InChI is InChI=1S/C16H13N3O3.2H2/c1-22-15(20)13-7-2-3-8-14(13)19-16(21)18-12-6-4-5-11(9-12)10-17;;/h2-9H,1H3,(H2,18,19,21);2*1H. The molecule has 114 valence electrons. The van der Waals surface area contributed by atoms with Crippen LogP contribution in [-0.2, 0) is 4.74 Å². The summed E-state index contributed by atoms with van der Waals surface area (Å²) < 4.78 is 4.66. The fourth-order valence-electron chi connectivity index (χ4n) is 1.83. The van der Waals surface area contributed by atoms with E-state index < -0.39 is 12.0 Å². The Morgan fingerprint density at radius 2 is 1.91 bits per heavy atom. The van der Waals surface area contributed by atoms with Gasteiger partial charge in [-0.15, -0.1) is 0 Å². The maximum absolute atomic E-state index is 12.0. The number of anilines is 2. The highest BCUT2D eigenvalue weighted by Gasteiger charge is 2.13. The maximum atomic E-state index is 12.0. The van der Waals surface area contributed by atoms with Crippen LogP contribution in [0, 0.1) is 11.3 Å². The van der Waals surface area contributed by atoms with E-state index in [1.807, 2.05) is 6.07 Å². The van der Waals surface area contributed by atoms with Gasteiger partial charge in [-0.2, -0.15) is 5.26 Å². The van der Waals surface area contributed by atoms with Crippen molar-refractivity contribution in [3.63, 3.8) is 0 Å². The van der Waals surface area contributed by atoms with Crippen LogP contribution in [-0.4, -0.2) is 19.1 Å². The zero-order valence-corrected chi connectivity index (χ0v) is 11.8. The van der Waals surface area contributed by atoms with Crippen LogP contribution in [0.1, 0.15) is 18.8 Å². The highest BCUT2D eigenvalue weighted by atomic mass is 16.5. The van der Waals surface area contributed by atoms with Crippen LogP contribution in [0.25, 0.3) is 0 Å². The van der Waals surface area contributed by atoms with E-state index in [4.69, 9.17) is 5.26 Å². The second-order valence-corrected chi connectivity index (χ2v) is 4.31. The minimum Gasteiger partial charge on any atom is -0.465 e. The molecular formula is C16H17N3O3. The fraction of sp³-hybridized carbons (Fsp3) is 0.0625. The molecule has 0 spiro atoms. The zero-order valence-electron chi connectivity index (χ0n) is 11.8. The smallest absolute Gasteiger partial charge is 0.339 e. The quantitative estimate of drug-likeness (QED) is 0.849. The van der Waals surface area contributed by atoms with Crippen molar-refractivity contribution >= 4 is 23.4 Å². The predicted molar refractivity (Wildman–Crippen MR) is 85.8 cm³/mol. The van der Waals surface area contributed by atoms with Crippen molar-refractivity contribution in [3.8, 4) is 6.07 Å². The molecule has 0 bridgehead atoms. The molecule has 6 nitrogen and oxygen atoms in total. The van der Waals surface area contributed by atoms with Gasteiger partial charge in [-0.1, -0.05) is 18.2 Å². The number of rotatable bonds is 3. The molecule has 2 rings (SSSR count). The number of nitrogens with one attached hydrogen (secondary N) is 2. The number of urea groups is 1. The van der Waals surface area contributed by atoms with Gasteiger partial charge >= 0.3 is 12.0 Å². The summed E-state index contributed by atoms with van der Waals surface area (Å²) in [6.45, 7) is 0. The molecule has 0 heterocycles. The second-order valence-electron chi connectivity index (χ2n) is 4.31. The summed E-state index contributed by atoms with van der Waals surface area (Å²) in [5.74, 6) is -0.539. The van der Waals surface area contributed by atoms with Crippen molar-refractivity contribution in [1.82, 2.24) is 0 Å². The lowest BCUT2D eigenvalue weighted by atomic mass is 10.2. The summed E-state index contributed by atoms with van der Waals surface area (Å²) in [5.41, 5.74) is 1.51. The third kappa shape index (κ3) is 3.61. The Hall–Kier alpha value is -3.33. The average molecular weight is 299 g/mol. The van der Waals surface area contributed by atoms with E-state index in [1.54, 1.807) is 48.5 Å². The number of esters is 1. The number of nitrogens with zero attached hydrogens (tertiary/aromatic N) is 1. The number of methoxy groups -OCH3 is 1. The first-order chi connectivity index (χ1) is 10.6. The molecule has 2 N–H and O–H groups in total. The molecule has 0 atom stereocenters. The lowest BCUT2D eigenvalue weighted by Gasteiger charge is -2.10. The van der Waals surface area contributed by atoms with E-state index in [0.29, 0.717) is 16.9 Å². The molecule has 0 aliphatic carbocycles. The lowest BCUT2D eigenvalue weighted by Crippen LogP contribution is -2.21. The number of amides is 2. The van der Waals surface area contributed by atoms with E-state index in [1.165, 1.54) is 7.11 Å². The number of benzene rings is 2. The zero-order chi connectivity index (χ0) is 15.9. The number of para-hydroxylation sites is 1. The summed E-state index contributed by atoms with van der Waals surface area (Å²) in [7, 11) is 1.27. The van der Waals surface area contributed by atoms with Crippen LogP contribution in [0.2, 0.25) is 0 Å². The normalized spacial score (nSPS) is 9.45. The Kier molecular flexibility index (Phi) is 4.73. The van der Waals surface area contributed by atoms with E-state index in [-0.39, 0.29) is 8.42 Å². The van der Waals surface area contributed by atoms with Gasteiger partial charge in [0.2, 0.25) is 0 Å². The molecule has 22 heavy (non-hydrogen) atoms.